The molecule has 0 aliphatic rings. The second kappa shape index (κ2) is 7.40. The van der Waals surface area contributed by atoms with Gasteiger partial charge in [-0.25, -0.2) is 9.78 Å². The van der Waals surface area contributed by atoms with E-state index in [0.717, 1.165) is 22.3 Å². The number of aromatic nitrogens is 1. The van der Waals surface area contributed by atoms with E-state index < -0.39 is 17.8 Å². The molecule has 1 heterocycles. The van der Waals surface area contributed by atoms with Crippen molar-refractivity contribution < 1.29 is 18.0 Å². The zero-order valence-electron chi connectivity index (χ0n) is 14.4. The number of hydrogen-bond acceptors (Lipinski definition) is 4. The van der Waals surface area contributed by atoms with Gasteiger partial charge in [0.15, 0.2) is 0 Å². The number of halogens is 3. The summed E-state index contributed by atoms with van der Waals surface area (Å²) < 4.78 is 39.6. The summed E-state index contributed by atoms with van der Waals surface area (Å²) in [5.74, 6) is 0. The summed E-state index contributed by atoms with van der Waals surface area (Å²) in [6.07, 6.45) is -4.42. The van der Waals surface area contributed by atoms with Gasteiger partial charge in [-0.05, 0) is 56.3 Å². The van der Waals surface area contributed by atoms with Gasteiger partial charge in [0, 0.05) is 17.4 Å². The molecule has 2 amide bonds. The molecular weight excluding hydrogens is 395 g/mol. The molecule has 4 nitrogen and oxygen atoms in total. The van der Waals surface area contributed by atoms with Crippen LogP contribution in [0.15, 0.2) is 46.8 Å². The van der Waals surface area contributed by atoms with Crippen molar-refractivity contribution >= 4 is 51.6 Å². The number of thiol groups is 1. The van der Waals surface area contributed by atoms with E-state index in [-0.39, 0.29) is 11.7 Å². The zero-order valence-corrected chi connectivity index (χ0v) is 16.1. The molecule has 3 rings (SSSR count). The molecular formula is C18H16F3N3OS2. The van der Waals surface area contributed by atoms with E-state index in [1.165, 1.54) is 28.4 Å². The molecule has 0 bridgehead atoms. The minimum Gasteiger partial charge on any atom is -0.308 e. The van der Waals surface area contributed by atoms with E-state index in [1.807, 2.05) is 19.9 Å². The quantitative estimate of drug-likeness (QED) is 0.515. The van der Waals surface area contributed by atoms with Crippen molar-refractivity contribution in [1.82, 2.24) is 4.98 Å². The fourth-order valence-electron chi connectivity index (χ4n) is 2.63. The van der Waals surface area contributed by atoms with Crippen LogP contribution >= 0.6 is 24.0 Å². The highest BCUT2D eigenvalue weighted by atomic mass is 32.2. The van der Waals surface area contributed by atoms with E-state index in [0.29, 0.717) is 10.0 Å². The maximum atomic E-state index is 12.7. The minimum absolute atomic E-state index is 0.175. The maximum absolute atomic E-state index is 12.7. The summed E-state index contributed by atoms with van der Waals surface area (Å²) in [5, 5.41) is 2.64. The van der Waals surface area contributed by atoms with Gasteiger partial charge >= 0.3 is 12.2 Å². The standard InChI is InChI=1S/C18H16F3N3OS2/c1-10(2)24(13-7-8-15-14(9-13)23-17(26)27-15)16(25)22-12-5-3-11(4-6-12)18(19,20)21/h3-10H,1-2H3,(H,22,25)(H,23,26). The number of benzene rings is 2. The molecule has 0 unspecified atom stereocenters. The lowest BCUT2D eigenvalue weighted by molar-refractivity contribution is -0.137. The van der Waals surface area contributed by atoms with Crippen molar-refractivity contribution in [2.75, 3.05) is 10.2 Å². The first kappa shape index (κ1) is 19.5. The Labute approximate surface area is 163 Å². The second-order valence-corrected chi connectivity index (χ2v) is 7.87. The summed E-state index contributed by atoms with van der Waals surface area (Å²) >= 11 is 5.68. The van der Waals surface area contributed by atoms with Crippen LogP contribution in [0.4, 0.5) is 29.3 Å². The van der Waals surface area contributed by atoms with Crippen molar-refractivity contribution in [3.63, 3.8) is 0 Å². The van der Waals surface area contributed by atoms with Crippen LogP contribution in [-0.2, 0) is 6.18 Å². The molecule has 0 radical (unpaired) electrons. The number of rotatable bonds is 3. The first-order chi connectivity index (χ1) is 12.6. The topological polar surface area (TPSA) is 45.2 Å². The molecule has 0 saturated heterocycles. The summed E-state index contributed by atoms with van der Waals surface area (Å²) in [5.41, 5.74) is 0.889. The van der Waals surface area contributed by atoms with Crippen LogP contribution in [0.1, 0.15) is 19.4 Å². The van der Waals surface area contributed by atoms with E-state index in [1.54, 1.807) is 12.1 Å². The molecule has 1 aromatic heterocycles. The first-order valence-electron chi connectivity index (χ1n) is 8.02. The lowest BCUT2D eigenvalue weighted by Crippen LogP contribution is -2.40. The van der Waals surface area contributed by atoms with Gasteiger partial charge in [-0.3, -0.25) is 4.90 Å². The van der Waals surface area contributed by atoms with Gasteiger partial charge in [0.1, 0.15) is 4.34 Å². The van der Waals surface area contributed by atoms with Gasteiger partial charge in [-0.15, -0.1) is 24.0 Å². The average Bonchev–Trinajstić information content (AvgIpc) is 2.93. The number of fused-ring (bicyclic) bond motifs is 1. The summed E-state index contributed by atoms with van der Waals surface area (Å²) in [4.78, 5) is 18.6. The number of nitrogens with one attached hydrogen (secondary N) is 1. The second-order valence-electron chi connectivity index (χ2n) is 6.12. The molecule has 2 aromatic carbocycles. The number of carbonyl (C=O) groups excluding carboxylic acids is 1. The van der Waals surface area contributed by atoms with Crippen LogP contribution in [0.25, 0.3) is 10.2 Å². The monoisotopic (exact) mass is 411 g/mol. The van der Waals surface area contributed by atoms with E-state index >= 15 is 0 Å². The van der Waals surface area contributed by atoms with Crippen LogP contribution in [-0.4, -0.2) is 17.1 Å². The number of nitrogens with zero attached hydrogens (tertiary/aromatic N) is 2. The Balaban J connectivity index is 1.84. The van der Waals surface area contributed by atoms with Crippen LogP contribution in [0, 0.1) is 0 Å². The Hall–Kier alpha value is -2.26. The summed E-state index contributed by atoms with van der Waals surface area (Å²) in [6.45, 7) is 3.70. The van der Waals surface area contributed by atoms with Crippen molar-refractivity contribution in [3.05, 3.63) is 48.0 Å². The van der Waals surface area contributed by atoms with Crippen LogP contribution in [0.5, 0.6) is 0 Å². The maximum Gasteiger partial charge on any atom is 0.416 e. The van der Waals surface area contributed by atoms with Crippen LogP contribution in [0.2, 0.25) is 0 Å². The number of alkyl halides is 3. The van der Waals surface area contributed by atoms with Gasteiger partial charge in [0.25, 0.3) is 0 Å². The Morgan fingerprint density at radius 1 is 1.19 bits per heavy atom. The third kappa shape index (κ3) is 4.36. The van der Waals surface area contributed by atoms with Crippen molar-refractivity contribution in [2.24, 2.45) is 0 Å². The van der Waals surface area contributed by atoms with Crippen LogP contribution < -0.4 is 10.2 Å². The van der Waals surface area contributed by atoms with E-state index in [2.05, 4.69) is 22.9 Å². The summed E-state index contributed by atoms with van der Waals surface area (Å²) in [6, 6.07) is 9.18. The Bertz CT molecular complexity index is 968. The molecule has 142 valence electrons. The third-order valence-electron chi connectivity index (χ3n) is 3.84. The molecule has 0 aliphatic carbocycles. The van der Waals surface area contributed by atoms with Crippen LogP contribution in [0.3, 0.4) is 0 Å². The van der Waals surface area contributed by atoms with Gasteiger partial charge in [-0.2, -0.15) is 13.2 Å². The Morgan fingerprint density at radius 2 is 1.85 bits per heavy atom. The Kier molecular flexibility index (Phi) is 5.34. The van der Waals surface area contributed by atoms with Crippen molar-refractivity contribution in [2.45, 2.75) is 30.4 Å². The predicted octanol–water partition coefficient (Wildman–Crippen LogP) is 6.05. The minimum atomic E-state index is -4.42. The predicted molar refractivity (Wildman–Crippen MR) is 105 cm³/mol. The smallest absolute Gasteiger partial charge is 0.308 e. The number of urea groups is 1. The molecule has 0 fully saturated rings. The first-order valence-corrected chi connectivity index (χ1v) is 9.28. The van der Waals surface area contributed by atoms with Gasteiger partial charge < -0.3 is 5.32 Å². The molecule has 1 N–H and O–H groups in total. The molecule has 0 saturated carbocycles. The number of thiazole rings is 1. The SMILES string of the molecule is CC(C)N(C(=O)Nc1ccc(C(F)(F)F)cc1)c1ccc2sc(S)nc2c1. The van der Waals surface area contributed by atoms with E-state index in [9.17, 15) is 18.0 Å². The van der Waals surface area contributed by atoms with Gasteiger partial charge in [0.05, 0.1) is 15.8 Å². The van der Waals surface area contributed by atoms with Crippen molar-refractivity contribution in [3.8, 4) is 0 Å². The largest absolute Gasteiger partial charge is 0.416 e. The van der Waals surface area contributed by atoms with Crippen molar-refractivity contribution in [1.29, 1.82) is 0 Å². The highest BCUT2D eigenvalue weighted by Crippen LogP contribution is 2.31. The molecule has 0 spiro atoms. The highest BCUT2D eigenvalue weighted by molar-refractivity contribution is 7.82. The highest BCUT2D eigenvalue weighted by Gasteiger charge is 2.30. The average molecular weight is 411 g/mol. The zero-order chi connectivity index (χ0) is 19.8. The number of carbonyl (C=O) groups is 1. The normalized spacial score (nSPS) is 11.8. The lowest BCUT2D eigenvalue weighted by Gasteiger charge is -2.27. The molecule has 0 atom stereocenters. The molecule has 3 aromatic rings. The molecule has 0 aliphatic heterocycles. The van der Waals surface area contributed by atoms with Gasteiger partial charge in [-0.1, -0.05) is 0 Å². The molecule has 9 heteroatoms. The summed E-state index contributed by atoms with van der Waals surface area (Å²) in [7, 11) is 0. The fraction of sp³-hybridized carbons (Fsp3) is 0.222. The number of amides is 2. The van der Waals surface area contributed by atoms with Gasteiger partial charge in [0.2, 0.25) is 0 Å². The fourth-order valence-corrected chi connectivity index (χ4v) is 3.72. The molecule has 27 heavy (non-hydrogen) atoms. The lowest BCUT2D eigenvalue weighted by atomic mass is 10.2. The Morgan fingerprint density at radius 3 is 2.44 bits per heavy atom. The third-order valence-corrected chi connectivity index (χ3v) is 5.05. The van der Waals surface area contributed by atoms with E-state index in [4.69, 9.17) is 0 Å². The number of anilines is 2. The number of hydrogen-bond donors (Lipinski definition) is 2.